The molecule has 2 atom stereocenters. The number of aliphatic hydroxyl groups is 1. The average Bonchev–Trinajstić information content (AvgIpc) is 2.72. The minimum absolute atomic E-state index is 0.00754. The highest BCUT2D eigenvalue weighted by Crippen LogP contribution is 2.47. The number of hydrogen-bond acceptors (Lipinski definition) is 2. The van der Waals surface area contributed by atoms with Gasteiger partial charge in [-0.05, 0) is 17.5 Å². The second-order valence-electron chi connectivity index (χ2n) is 5.12. The zero-order valence-corrected chi connectivity index (χ0v) is 11.1. The van der Waals surface area contributed by atoms with Crippen molar-refractivity contribution in [1.82, 2.24) is 0 Å². The number of hydrogen-bond donors (Lipinski definition) is 1. The molecule has 0 radical (unpaired) electrons. The lowest BCUT2D eigenvalue weighted by Gasteiger charge is -2.30. The Hall–Kier alpha value is -2.19. The molecule has 2 nitrogen and oxygen atoms in total. The van der Waals surface area contributed by atoms with E-state index in [1.54, 1.807) is 12.1 Å². The van der Waals surface area contributed by atoms with E-state index >= 15 is 0 Å². The first kappa shape index (κ1) is 12.8. The van der Waals surface area contributed by atoms with Gasteiger partial charge in [0.1, 0.15) is 5.60 Å². The molecular formula is C18H16O2. The fraction of sp³-hybridized carbons (Fsp3) is 0.167. The monoisotopic (exact) mass is 264 g/mol. The number of allylic oxidation sites excluding steroid dienone is 1. The van der Waals surface area contributed by atoms with E-state index in [0.29, 0.717) is 17.5 Å². The first-order valence-electron chi connectivity index (χ1n) is 6.72. The Morgan fingerprint density at radius 2 is 1.75 bits per heavy atom. The van der Waals surface area contributed by atoms with Crippen molar-refractivity contribution >= 4 is 5.78 Å². The van der Waals surface area contributed by atoms with Crippen molar-refractivity contribution in [2.45, 2.75) is 12.0 Å². The Kier molecular flexibility index (Phi) is 3.03. The summed E-state index contributed by atoms with van der Waals surface area (Å²) in [7, 11) is 0. The largest absolute Gasteiger partial charge is 0.380 e. The van der Waals surface area contributed by atoms with Crippen molar-refractivity contribution < 1.29 is 9.90 Å². The normalized spacial score (nSPS) is 24.4. The van der Waals surface area contributed by atoms with Crippen LogP contribution in [0.15, 0.2) is 67.3 Å². The number of fused-ring (bicyclic) bond motifs is 1. The highest BCUT2D eigenvalue weighted by atomic mass is 16.3. The van der Waals surface area contributed by atoms with Crippen LogP contribution in [-0.4, -0.2) is 10.9 Å². The van der Waals surface area contributed by atoms with Gasteiger partial charge in [-0.3, -0.25) is 4.79 Å². The van der Waals surface area contributed by atoms with Crippen LogP contribution in [0.1, 0.15) is 27.9 Å². The standard InChI is InChI=1S/C18H16O2/c1-2-8-16-17(19)14-11-6-7-12-15(14)18(16,20)13-9-4-3-5-10-13/h2-7,9-12,16,20H,1,8H2/t16-,18-/m1/s1. The molecule has 1 N–H and O–H groups in total. The van der Waals surface area contributed by atoms with E-state index < -0.39 is 11.5 Å². The number of carbonyl (C=O) groups is 1. The van der Waals surface area contributed by atoms with Crippen LogP contribution in [0, 0.1) is 5.92 Å². The van der Waals surface area contributed by atoms with Crippen molar-refractivity contribution in [3.05, 3.63) is 83.9 Å². The highest BCUT2D eigenvalue weighted by molar-refractivity contribution is 6.04. The first-order chi connectivity index (χ1) is 9.69. The molecule has 0 saturated carbocycles. The molecule has 3 rings (SSSR count). The zero-order valence-electron chi connectivity index (χ0n) is 11.1. The minimum atomic E-state index is -1.26. The van der Waals surface area contributed by atoms with E-state index in [-0.39, 0.29) is 5.78 Å². The summed E-state index contributed by atoms with van der Waals surface area (Å²) in [4.78, 5) is 12.6. The Bertz CT molecular complexity index is 660. The van der Waals surface area contributed by atoms with Crippen molar-refractivity contribution in [3.8, 4) is 0 Å². The van der Waals surface area contributed by atoms with Crippen molar-refractivity contribution in [1.29, 1.82) is 0 Å². The molecule has 0 heterocycles. The lowest BCUT2D eigenvalue weighted by Crippen LogP contribution is -2.34. The Morgan fingerprint density at radius 1 is 1.10 bits per heavy atom. The van der Waals surface area contributed by atoms with Gasteiger partial charge in [-0.15, -0.1) is 6.58 Å². The van der Waals surface area contributed by atoms with Gasteiger partial charge in [0, 0.05) is 5.56 Å². The van der Waals surface area contributed by atoms with E-state index in [1.165, 1.54) is 0 Å². The van der Waals surface area contributed by atoms with Gasteiger partial charge >= 0.3 is 0 Å². The summed E-state index contributed by atoms with van der Waals surface area (Å²) >= 11 is 0. The number of carbonyl (C=O) groups excluding carboxylic acids is 1. The van der Waals surface area contributed by atoms with E-state index in [1.807, 2.05) is 48.5 Å². The van der Waals surface area contributed by atoms with E-state index in [4.69, 9.17) is 0 Å². The molecule has 1 aliphatic carbocycles. The molecular weight excluding hydrogens is 248 g/mol. The van der Waals surface area contributed by atoms with E-state index in [0.717, 1.165) is 5.56 Å². The molecule has 2 heteroatoms. The Morgan fingerprint density at radius 3 is 2.45 bits per heavy atom. The van der Waals surface area contributed by atoms with Gasteiger partial charge in [-0.2, -0.15) is 0 Å². The molecule has 100 valence electrons. The molecule has 20 heavy (non-hydrogen) atoms. The fourth-order valence-corrected chi connectivity index (χ4v) is 3.09. The maximum absolute atomic E-state index is 12.6. The van der Waals surface area contributed by atoms with Crippen LogP contribution < -0.4 is 0 Å². The van der Waals surface area contributed by atoms with Crippen LogP contribution >= 0.6 is 0 Å². The summed E-state index contributed by atoms with van der Waals surface area (Å²) in [5.74, 6) is -0.508. The van der Waals surface area contributed by atoms with Crippen molar-refractivity contribution in [2.24, 2.45) is 5.92 Å². The molecule has 0 unspecified atom stereocenters. The van der Waals surface area contributed by atoms with Crippen LogP contribution in [-0.2, 0) is 5.60 Å². The molecule has 0 spiro atoms. The van der Waals surface area contributed by atoms with Crippen LogP contribution in [0.25, 0.3) is 0 Å². The maximum atomic E-state index is 12.6. The summed E-state index contributed by atoms with van der Waals surface area (Å²) in [6, 6.07) is 16.7. The quantitative estimate of drug-likeness (QED) is 0.864. The molecule has 0 saturated heterocycles. The molecule has 0 aromatic heterocycles. The maximum Gasteiger partial charge on any atom is 0.170 e. The van der Waals surface area contributed by atoms with Crippen LogP contribution in [0.2, 0.25) is 0 Å². The SMILES string of the molecule is C=CC[C@@H]1C(=O)c2ccccc2[C@]1(O)c1ccccc1. The third kappa shape index (κ3) is 1.65. The summed E-state index contributed by atoms with van der Waals surface area (Å²) in [6.07, 6.45) is 2.15. The third-order valence-electron chi connectivity index (χ3n) is 4.04. The summed E-state index contributed by atoms with van der Waals surface area (Å²) < 4.78 is 0. The zero-order chi connectivity index (χ0) is 14.2. The van der Waals surface area contributed by atoms with Gasteiger partial charge in [0.05, 0.1) is 5.92 Å². The molecule has 0 fully saturated rings. The smallest absolute Gasteiger partial charge is 0.170 e. The predicted molar refractivity (Wildman–Crippen MR) is 78.5 cm³/mol. The molecule has 0 bridgehead atoms. The van der Waals surface area contributed by atoms with Gasteiger partial charge in [0.25, 0.3) is 0 Å². The minimum Gasteiger partial charge on any atom is -0.380 e. The van der Waals surface area contributed by atoms with Crippen LogP contribution in [0.5, 0.6) is 0 Å². The highest BCUT2D eigenvalue weighted by Gasteiger charge is 2.51. The van der Waals surface area contributed by atoms with Gasteiger partial charge in [0.2, 0.25) is 0 Å². The first-order valence-corrected chi connectivity index (χ1v) is 6.72. The second-order valence-corrected chi connectivity index (χ2v) is 5.12. The third-order valence-corrected chi connectivity index (χ3v) is 4.04. The van der Waals surface area contributed by atoms with Gasteiger partial charge in [-0.25, -0.2) is 0 Å². The van der Waals surface area contributed by atoms with Gasteiger partial charge < -0.3 is 5.11 Å². The number of benzene rings is 2. The van der Waals surface area contributed by atoms with Crippen molar-refractivity contribution in [2.75, 3.05) is 0 Å². The summed E-state index contributed by atoms with van der Waals surface area (Å²) in [5, 5.41) is 11.3. The molecule has 1 aliphatic rings. The average molecular weight is 264 g/mol. The Balaban J connectivity index is 2.25. The van der Waals surface area contributed by atoms with E-state index in [2.05, 4.69) is 6.58 Å². The van der Waals surface area contributed by atoms with Crippen LogP contribution in [0.3, 0.4) is 0 Å². The second kappa shape index (κ2) is 4.73. The van der Waals surface area contributed by atoms with Crippen molar-refractivity contribution in [3.63, 3.8) is 0 Å². The number of Topliss-reactive ketones (excluding diaryl/α,β-unsaturated/α-hetero) is 1. The lowest BCUT2D eigenvalue weighted by molar-refractivity contribution is 0.0299. The fourth-order valence-electron chi connectivity index (χ4n) is 3.09. The predicted octanol–water partition coefficient (Wildman–Crippen LogP) is 3.31. The molecule has 0 amide bonds. The summed E-state index contributed by atoms with van der Waals surface area (Å²) in [6.45, 7) is 3.72. The molecule has 0 aliphatic heterocycles. The molecule has 2 aromatic carbocycles. The summed E-state index contributed by atoms with van der Waals surface area (Å²) in [5.41, 5.74) is 0.808. The van der Waals surface area contributed by atoms with Crippen LogP contribution in [0.4, 0.5) is 0 Å². The Labute approximate surface area is 118 Å². The molecule has 2 aromatic rings. The topological polar surface area (TPSA) is 37.3 Å². The lowest BCUT2D eigenvalue weighted by atomic mass is 9.79. The van der Waals surface area contributed by atoms with E-state index in [9.17, 15) is 9.90 Å². The number of rotatable bonds is 3. The van der Waals surface area contributed by atoms with Gasteiger partial charge in [-0.1, -0.05) is 60.7 Å². The van der Waals surface area contributed by atoms with Gasteiger partial charge in [0.15, 0.2) is 5.78 Å². The number of ketones is 1.